The molecule has 3 rings (SSSR count). The van der Waals surface area contributed by atoms with Crippen LogP contribution in [0.5, 0.6) is 0 Å². The maximum Gasteiger partial charge on any atom is 0.255 e. The molecule has 166 valence electrons. The van der Waals surface area contributed by atoms with Gasteiger partial charge in [0.05, 0.1) is 27.7 Å². The molecule has 3 aromatic rings. The van der Waals surface area contributed by atoms with Gasteiger partial charge in [0.2, 0.25) is 10.0 Å². The molecule has 6 nitrogen and oxygen atoms in total. The minimum Gasteiger partial charge on any atom is -0.272 e. The summed E-state index contributed by atoms with van der Waals surface area (Å²) in [4.78, 5) is 12.6. The first-order chi connectivity index (χ1) is 15.3. The van der Waals surface area contributed by atoms with Gasteiger partial charge in [0, 0.05) is 11.0 Å². The molecule has 0 unspecified atom stereocenters. The summed E-state index contributed by atoms with van der Waals surface area (Å²) in [5.41, 5.74) is 3.75. The summed E-state index contributed by atoms with van der Waals surface area (Å²) in [6.45, 7) is -0.518. The van der Waals surface area contributed by atoms with Gasteiger partial charge in [0.25, 0.3) is 5.91 Å². The lowest BCUT2D eigenvalue weighted by Crippen LogP contribution is -2.39. The number of hydrazone groups is 1. The number of benzene rings is 3. The Morgan fingerprint density at radius 3 is 2.34 bits per heavy atom. The third-order valence-corrected chi connectivity index (χ3v) is 7.39. The summed E-state index contributed by atoms with van der Waals surface area (Å²) >= 11 is 15.3. The molecule has 0 spiro atoms. The van der Waals surface area contributed by atoms with Crippen molar-refractivity contribution in [2.75, 3.05) is 6.54 Å². The van der Waals surface area contributed by atoms with E-state index in [1.807, 2.05) is 30.3 Å². The average molecular weight is 555 g/mol. The fraction of sp³-hybridized carbons (Fsp3) is 0.0909. The fourth-order valence-electron chi connectivity index (χ4n) is 2.74. The highest BCUT2D eigenvalue weighted by Crippen LogP contribution is 2.25. The lowest BCUT2D eigenvalue weighted by Gasteiger charge is -2.22. The van der Waals surface area contributed by atoms with Crippen LogP contribution in [0.3, 0.4) is 0 Å². The van der Waals surface area contributed by atoms with Crippen molar-refractivity contribution in [3.63, 3.8) is 0 Å². The molecular weight excluding hydrogens is 537 g/mol. The molecule has 0 bridgehead atoms. The Balaban J connectivity index is 1.82. The largest absolute Gasteiger partial charge is 0.272 e. The first-order valence-electron chi connectivity index (χ1n) is 9.32. The molecule has 0 aliphatic rings. The quantitative estimate of drug-likeness (QED) is 0.311. The maximum atomic E-state index is 13.3. The van der Waals surface area contributed by atoms with E-state index < -0.39 is 22.5 Å². The number of nitrogens with one attached hydrogen (secondary N) is 1. The van der Waals surface area contributed by atoms with Gasteiger partial charge >= 0.3 is 0 Å². The second-order valence-corrected chi connectivity index (χ2v) is 10.3. The smallest absolute Gasteiger partial charge is 0.255 e. The van der Waals surface area contributed by atoms with Crippen molar-refractivity contribution in [3.05, 3.63) is 98.4 Å². The van der Waals surface area contributed by atoms with E-state index >= 15 is 0 Å². The number of hydrogen-bond donors (Lipinski definition) is 1. The van der Waals surface area contributed by atoms with Crippen LogP contribution in [0, 0.1) is 0 Å². The molecule has 0 fully saturated rings. The van der Waals surface area contributed by atoms with Gasteiger partial charge in [-0.2, -0.15) is 9.41 Å². The van der Waals surface area contributed by atoms with Gasteiger partial charge in [-0.3, -0.25) is 4.79 Å². The Morgan fingerprint density at radius 1 is 1.00 bits per heavy atom. The van der Waals surface area contributed by atoms with Crippen LogP contribution in [0.4, 0.5) is 0 Å². The number of amides is 1. The van der Waals surface area contributed by atoms with Crippen molar-refractivity contribution in [1.29, 1.82) is 0 Å². The van der Waals surface area contributed by atoms with Gasteiger partial charge in [-0.05, 0) is 47.5 Å². The van der Waals surface area contributed by atoms with E-state index in [1.54, 1.807) is 30.3 Å². The summed E-state index contributed by atoms with van der Waals surface area (Å²) in [5, 5.41) is 4.55. The van der Waals surface area contributed by atoms with Gasteiger partial charge < -0.3 is 0 Å². The molecule has 1 amide bonds. The Kier molecular flexibility index (Phi) is 8.44. The molecule has 0 radical (unpaired) electrons. The van der Waals surface area contributed by atoms with E-state index in [9.17, 15) is 13.2 Å². The van der Waals surface area contributed by atoms with E-state index in [-0.39, 0.29) is 11.4 Å². The molecule has 0 atom stereocenters. The van der Waals surface area contributed by atoms with Crippen LogP contribution < -0.4 is 5.43 Å². The van der Waals surface area contributed by atoms with E-state index in [1.165, 1.54) is 18.3 Å². The molecule has 0 saturated heterocycles. The van der Waals surface area contributed by atoms with Crippen LogP contribution in [0.1, 0.15) is 11.1 Å². The lowest BCUT2D eigenvalue weighted by atomic mass is 10.2. The van der Waals surface area contributed by atoms with Crippen LogP contribution in [0.25, 0.3) is 0 Å². The summed E-state index contributed by atoms with van der Waals surface area (Å²) in [7, 11) is -3.99. The highest BCUT2D eigenvalue weighted by molar-refractivity contribution is 9.10. The summed E-state index contributed by atoms with van der Waals surface area (Å²) < 4.78 is 28.3. The van der Waals surface area contributed by atoms with Crippen molar-refractivity contribution in [2.45, 2.75) is 11.4 Å². The van der Waals surface area contributed by atoms with Crippen molar-refractivity contribution in [2.24, 2.45) is 5.10 Å². The zero-order valence-electron chi connectivity index (χ0n) is 16.6. The van der Waals surface area contributed by atoms with Gasteiger partial charge in [0.1, 0.15) is 0 Å². The Labute approximate surface area is 205 Å². The Bertz CT molecular complexity index is 1220. The first-order valence-corrected chi connectivity index (χ1v) is 12.3. The van der Waals surface area contributed by atoms with Crippen LogP contribution in [0.2, 0.25) is 10.0 Å². The standard InChI is InChI=1S/C22H18BrCl2N3O3S/c23-18-7-9-19(10-8-18)32(30,31)28(14-17-6-11-20(24)21(25)12-17)15-22(29)27-26-13-16-4-2-1-3-5-16/h1-13H,14-15H2,(H,27,29)/b26-13+. The number of nitrogens with zero attached hydrogens (tertiary/aromatic N) is 2. The number of carbonyl (C=O) groups excluding carboxylic acids is 1. The van der Waals surface area contributed by atoms with Gasteiger partial charge in [-0.15, -0.1) is 0 Å². The average Bonchev–Trinajstić information content (AvgIpc) is 2.77. The zero-order valence-corrected chi connectivity index (χ0v) is 20.5. The van der Waals surface area contributed by atoms with Crippen LogP contribution >= 0.6 is 39.1 Å². The van der Waals surface area contributed by atoms with Crippen LogP contribution in [-0.4, -0.2) is 31.4 Å². The molecule has 0 aliphatic carbocycles. The molecule has 1 N–H and O–H groups in total. The number of hydrogen-bond acceptors (Lipinski definition) is 4. The third-order valence-electron chi connectivity index (χ3n) is 4.32. The number of halogens is 3. The van der Waals surface area contributed by atoms with E-state index in [0.717, 1.165) is 14.3 Å². The van der Waals surface area contributed by atoms with Gasteiger partial charge in [-0.1, -0.05) is 75.5 Å². The third kappa shape index (κ3) is 6.63. The summed E-state index contributed by atoms with van der Waals surface area (Å²) in [6.07, 6.45) is 1.48. The molecule has 0 aliphatic heterocycles. The minimum absolute atomic E-state index is 0.0568. The Hall–Kier alpha value is -2.23. The van der Waals surface area contributed by atoms with Crippen LogP contribution in [-0.2, 0) is 21.4 Å². The zero-order chi connectivity index (χ0) is 23.1. The summed E-state index contributed by atoms with van der Waals surface area (Å²) in [5.74, 6) is -0.585. The minimum atomic E-state index is -3.99. The van der Waals surface area contributed by atoms with Crippen molar-refractivity contribution in [1.82, 2.24) is 9.73 Å². The maximum absolute atomic E-state index is 13.3. The van der Waals surface area contributed by atoms with Gasteiger partial charge in [0.15, 0.2) is 0 Å². The molecule has 0 saturated carbocycles. The SMILES string of the molecule is O=C(CN(Cc1ccc(Cl)c(Cl)c1)S(=O)(=O)c1ccc(Br)cc1)N/N=C/c1ccccc1. The lowest BCUT2D eigenvalue weighted by molar-refractivity contribution is -0.121. The Morgan fingerprint density at radius 2 is 1.69 bits per heavy atom. The van der Waals surface area contributed by atoms with Crippen molar-refractivity contribution < 1.29 is 13.2 Å². The first kappa shape index (κ1) is 24.4. The predicted molar refractivity (Wildman–Crippen MR) is 130 cm³/mol. The van der Waals surface area contributed by atoms with Gasteiger partial charge in [-0.25, -0.2) is 13.8 Å². The monoisotopic (exact) mass is 553 g/mol. The topological polar surface area (TPSA) is 78.8 Å². The highest BCUT2D eigenvalue weighted by atomic mass is 79.9. The summed E-state index contributed by atoms with van der Waals surface area (Å²) in [6, 6.07) is 20.2. The fourth-order valence-corrected chi connectivity index (χ4v) is 4.71. The normalized spacial score (nSPS) is 11.8. The molecule has 3 aromatic carbocycles. The van der Waals surface area contributed by atoms with E-state index in [2.05, 4.69) is 26.5 Å². The molecular formula is C22H18BrCl2N3O3S. The van der Waals surface area contributed by atoms with Crippen LogP contribution in [0.15, 0.2) is 87.3 Å². The number of carbonyl (C=O) groups is 1. The molecule has 10 heteroatoms. The van der Waals surface area contributed by atoms with Crippen molar-refractivity contribution in [3.8, 4) is 0 Å². The van der Waals surface area contributed by atoms with Crippen molar-refractivity contribution >= 4 is 61.3 Å². The highest BCUT2D eigenvalue weighted by Gasteiger charge is 2.27. The molecule has 0 heterocycles. The second kappa shape index (κ2) is 11.1. The predicted octanol–water partition coefficient (Wildman–Crippen LogP) is 5.10. The number of rotatable bonds is 8. The number of sulfonamides is 1. The van der Waals surface area contributed by atoms with E-state index in [4.69, 9.17) is 23.2 Å². The van der Waals surface area contributed by atoms with E-state index in [0.29, 0.717) is 15.6 Å². The molecule has 0 aromatic heterocycles. The molecule has 32 heavy (non-hydrogen) atoms. The second-order valence-electron chi connectivity index (χ2n) is 6.68.